The van der Waals surface area contributed by atoms with E-state index in [9.17, 15) is 9.59 Å². The average molecular weight is 568 g/mol. The largest absolute Gasteiger partial charge is 0.292 e. The highest BCUT2D eigenvalue weighted by Gasteiger charge is 2.13. The van der Waals surface area contributed by atoms with Crippen molar-refractivity contribution in [1.29, 1.82) is 0 Å². The quantitative estimate of drug-likeness (QED) is 0.265. The minimum Gasteiger partial charge on any atom is -0.292 e. The van der Waals surface area contributed by atoms with Crippen molar-refractivity contribution in [1.82, 2.24) is 9.55 Å². The zero-order valence-corrected chi connectivity index (χ0v) is 21.5. The summed E-state index contributed by atoms with van der Waals surface area (Å²) in [7, 11) is 0. The molecule has 0 saturated heterocycles. The van der Waals surface area contributed by atoms with Gasteiger partial charge in [-0.15, -0.1) is 22.7 Å². The van der Waals surface area contributed by atoms with Crippen molar-refractivity contribution in [2.24, 2.45) is 0 Å². The number of aromatic nitrogens is 2. The van der Waals surface area contributed by atoms with Crippen LogP contribution in [0.5, 0.6) is 0 Å². The fraction of sp³-hybridized carbons (Fsp3) is 0.0385. The Balaban J connectivity index is 1.63. The number of halogens is 2. The standard InChI is InChI=1S/C26H16BrClN2O2S2/c27-18-9-5-16(6-10-18)13-23-26(32)30(15-21(31)17-7-11-19(28)12-8-17)25(34-23)14-24-29-20-3-1-2-4-22(20)33-24/h1-14H,15H2. The molecule has 0 fully saturated rings. The Labute approximate surface area is 216 Å². The number of rotatable bonds is 5. The molecule has 4 nitrogen and oxygen atoms in total. The highest BCUT2D eigenvalue weighted by atomic mass is 79.9. The summed E-state index contributed by atoms with van der Waals surface area (Å²) in [6.07, 6.45) is 3.73. The highest BCUT2D eigenvalue weighted by Crippen LogP contribution is 2.21. The Kier molecular flexibility index (Phi) is 6.61. The minimum atomic E-state index is -0.206. The molecule has 8 heteroatoms. The smallest absolute Gasteiger partial charge is 0.269 e. The molecule has 2 heterocycles. The summed E-state index contributed by atoms with van der Waals surface area (Å²) in [4.78, 5) is 31.0. The number of benzene rings is 3. The molecule has 0 spiro atoms. The molecule has 0 bridgehead atoms. The molecule has 5 aromatic rings. The van der Waals surface area contributed by atoms with E-state index in [2.05, 4.69) is 20.9 Å². The predicted molar refractivity (Wildman–Crippen MR) is 145 cm³/mol. The van der Waals surface area contributed by atoms with Gasteiger partial charge in [-0.25, -0.2) is 4.98 Å². The van der Waals surface area contributed by atoms with Gasteiger partial charge in [-0.3, -0.25) is 14.2 Å². The van der Waals surface area contributed by atoms with Crippen LogP contribution in [0.4, 0.5) is 0 Å². The van der Waals surface area contributed by atoms with Crippen LogP contribution in [0.3, 0.4) is 0 Å². The number of hydrogen-bond donors (Lipinski definition) is 0. The van der Waals surface area contributed by atoms with Crippen molar-refractivity contribution in [3.63, 3.8) is 0 Å². The lowest BCUT2D eigenvalue weighted by Crippen LogP contribution is -2.34. The van der Waals surface area contributed by atoms with Gasteiger partial charge in [-0.05, 0) is 60.2 Å². The summed E-state index contributed by atoms with van der Waals surface area (Å²) < 4.78 is 4.79. The van der Waals surface area contributed by atoms with Gasteiger partial charge in [0.25, 0.3) is 5.56 Å². The molecule has 3 aromatic carbocycles. The van der Waals surface area contributed by atoms with E-state index in [4.69, 9.17) is 11.6 Å². The van der Waals surface area contributed by atoms with Gasteiger partial charge in [-0.2, -0.15) is 0 Å². The van der Waals surface area contributed by atoms with Gasteiger partial charge in [0.05, 0.1) is 21.3 Å². The molecule has 0 atom stereocenters. The van der Waals surface area contributed by atoms with Gasteiger partial charge in [0.2, 0.25) is 0 Å². The summed E-state index contributed by atoms with van der Waals surface area (Å²) in [5.74, 6) is -0.161. The molecular weight excluding hydrogens is 552 g/mol. The Hall–Kier alpha value is -2.84. The monoisotopic (exact) mass is 566 g/mol. The second-order valence-electron chi connectivity index (χ2n) is 7.49. The first kappa shape index (κ1) is 22.9. The Bertz CT molecular complexity index is 1650. The third-order valence-corrected chi connectivity index (χ3v) is 7.95. The SMILES string of the molecule is O=C(Cn1c(=Cc2nc3ccccc3s2)sc(=Cc2ccc(Br)cc2)c1=O)c1ccc(Cl)cc1. The molecule has 0 unspecified atom stereocenters. The van der Waals surface area contributed by atoms with Crippen LogP contribution in [0.1, 0.15) is 20.9 Å². The second kappa shape index (κ2) is 9.80. The predicted octanol–water partition coefficient (Wildman–Crippen LogP) is 5.48. The zero-order valence-electron chi connectivity index (χ0n) is 17.6. The van der Waals surface area contributed by atoms with E-state index in [0.717, 1.165) is 25.3 Å². The van der Waals surface area contributed by atoms with Gasteiger partial charge in [0.1, 0.15) is 9.67 Å². The molecule has 34 heavy (non-hydrogen) atoms. The molecule has 0 N–H and O–H groups in total. The van der Waals surface area contributed by atoms with Crippen molar-refractivity contribution >= 4 is 78.4 Å². The third kappa shape index (κ3) is 4.98. The average Bonchev–Trinajstić information content (AvgIpc) is 3.37. The Morgan fingerprint density at radius 2 is 1.71 bits per heavy atom. The van der Waals surface area contributed by atoms with E-state index >= 15 is 0 Å². The van der Waals surface area contributed by atoms with Gasteiger partial charge < -0.3 is 0 Å². The number of carbonyl (C=O) groups excluding carboxylic acids is 1. The van der Waals surface area contributed by atoms with E-state index < -0.39 is 0 Å². The van der Waals surface area contributed by atoms with E-state index in [-0.39, 0.29) is 17.9 Å². The van der Waals surface area contributed by atoms with Gasteiger partial charge in [-0.1, -0.05) is 51.8 Å². The third-order valence-electron chi connectivity index (χ3n) is 5.13. The van der Waals surface area contributed by atoms with Crippen molar-refractivity contribution in [2.45, 2.75) is 6.54 Å². The van der Waals surface area contributed by atoms with Gasteiger partial charge >= 0.3 is 0 Å². The molecule has 0 saturated carbocycles. The maximum absolute atomic E-state index is 13.4. The Morgan fingerprint density at radius 1 is 0.971 bits per heavy atom. The maximum Gasteiger partial charge on any atom is 0.269 e. The summed E-state index contributed by atoms with van der Waals surface area (Å²) >= 11 is 12.3. The normalized spacial score (nSPS) is 12.5. The van der Waals surface area contributed by atoms with Crippen molar-refractivity contribution < 1.29 is 4.79 Å². The minimum absolute atomic E-state index is 0.0676. The molecule has 0 radical (unpaired) electrons. The van der Waals surface area contributed by atoms with E-state index in [1.165, 1.54) is 15.9 Å². The molecule has 0 amide bonds. The van der Waals surface area contributed by atoms with Crippen LogP contribution in [0, 0.1) is 0 Å². The second-order valence-corrected chi connectivity index (χ2v) is 11.0. The fourth-order valence-electron chi connectivity index (χ4n) is 3.43. The van der Waals surface area contributed by atoms with Gasteiger partial charge in [0, 0.05) is 21.1 Å². The van der Waals surface area contributed by atoms with Crippen LogP contribution in [0.25, 0.3) is 22.4 Å². The van der Waals surface area contributed by atoms with Crippen molar-refractivity contribution in [3.8, 4) is 0 Å². The van der Waals surface area contributed by atoms with Crippen LogP contribution in [0.2, 0.25) is 5.02 Å². The molecule has 2 aromatic heterocycles. The number of thiazole rings is 2. The van der Waals surface area contributed by atoms with Crippen molar-refractivity contribution in [3.05, 3.63) is 118 Å². The van der Waals surface area contributed by atoms with Crippen LogP contribution < -0.4 is 14.8 Å². The van der Waals surface area contributed by atoms with E-state index in [1.54, 1.807) is 35.6 Å². The highest BCUT2D eigenvalue weighted by molar-refractivity contribution is 9.10. The number of nitrogens with zero attached hydrogens (tertiary/aromatic N) is 2. The lowest BCUT2D eigenvalue weighted by Gasteiger charge is -2.02. The summed E-state index contributed by atoms with van der Waals surface area (Å²) in [5.41, 5.74) is 2.11. The molecular formula is C26H16BrClN2O2S2. The summed E-state index contributed by atoms with van der Waals surface area (Å²) in [6.45, 7) is -0.0676. The number of hydrogen-bond acceptors (Lipinski definition) is 5. The number of fused-ring (bicyclic) bond motifs is 1. The lowest BCUT2D eigenvalue weighted by molar-refractivity contribution is 0.0970. The zero-order chi connectivity index (χ0) is 23.7. The van der Waals surface area contributed by atoms with E-state index in [0.29, 0.717) is 19.8 Å². The Morgan fingerprint density at radius 3 is 2.44 bits per heavy atom. The van der Waals surface area contributed by atoms with Crippen LogP contribution in [-0.2, 0) is 6.54 Å². The molecule has 0 aliphatic heterocycles. The molecule has 0 aliphatic carbocycles. The van der Waals surface area contributed by atoms with Crippen LogP contribution >= 0.6 is 50.2 Å². The first-order valence-electron chi connectivity index (χ1n) is 10.3. The number of Topliss-reactive ketones (excluding diaryl/α,β-unsaturated/α-hetero) is 1. The number of ketones is 1. The van der Waals surface area contributed by atoms with Crippen molar-refractivity contribution in [2.75, 3.05) is 0 Å². The number of para-hydroxylation sites is 1. The molecule has 168 valence electrons. The summed E-state index contributed by atoms with van der Waals surface area (Å²) in [5, 5.41) is 1.34. The van der Waals surface area contributed by atoms with Crippen LogP contribution in [-0.4, -0.2) is 15.3 Å². The number of carbonyl (C=O) groups is 1. The molecule has 0 aliphatic rings. The van der Waals surface area contributed by atoms with Gasteiger partial charge in [0.15, 0.2) is 5.78 Å². The maximum atomic E-state index is 13.4. The topological polar surface area (TPSA) is 52.0 Å². The summed E-state index contributed by atoms with van der Waals surface area (Å²) in [6, 6.07) is 22.3. The fourth-order valence-corrected chi connectivity index (χ4v) is 5.85. The first-order chi connectivity index (χ1) is 16.5. The van der Waals surface area contributed by atoms with E-state index in [1.807, 2.05) is 60.7 Å². The van der Waals surface area contributed by atoms with Crippen LogP contribution in [0.15, 0.2) is 82.1 Å². The lowest BCUT2D eigenvalue weighted by atomic mass is 10.1. The molecule has 5 rings (SSSR count). The first-order valence-corrected chi connectivity index (χ1v) is 13.1.